The molecule has 3 aromatic rings. The fourth-order valence-corrected chi connectivity index (χ4v) is 4.10. The number of likely N-dealkylation sites (tertiary alicyclic amines) is 1. The van der Waals surface area contributed by atoms with Gasteiger partial charge in [-0.2, -0.15) is 0 Å². The van der Waals surface area contributed by atoms with Crippen LogP contribution < -0.4 is 0 Å². The van der Waals surface area contributed by atoms with Crippen molar-refractivity contribution >= 4 is 22.8 Å². The smallest absolute Gasteiger partial charge is 0.223 e. The zero-order valence-corrected chi connectivity index (χ0v) is 18.3. The molecule has 2 aromatic heterocycles. The Bertz CT molecular complexity index is 1110. The number of nitrogens with zero attached hydrogens (tertiary/aromatic N) is 5. The molecule has 0 radical (unpaired) electrons. The van der Waals surface area contributed by atoms with E-state index in [9.17, 15) is 14.0 Å². The molecular formula is C22H27FN6O3. The Labute approximate surface area is 184 Å². The van der Waals surface area contributed by atoms with E-state index in [2.05, 4.69) is 24.9 Å². The molecule has 0 spiro atoms. The number of halogens is 1. The largest absolute Gasteiger partial charge is 0.342 e. The Hall–Kier alpha value is -3.30. The van der Waals surface area contributed by atoms with Gasteiger partial charge in [-0.05, 0) is 43.9 Å². The van der Waals surface area contributed by atoms with Gasteiger partial charge in [0.15, 0.2) is 0 Å². The zero-order chi connectivity index (χ0) is 22.7. The number of hydrogen-bond acceptors (Lipinski definition) is 6. The molecular weight excluding hydrogens is 415 g/mol. The molecule has 1 atom stereocenters. The van der Waals surface area contributed by atoms with Crippen molar-refractivity contribution in [2.24, 2.45) is 5.92 Å². The first-order chi connectivity index (χ1) is 15.4. The van der Waals surface area contributed by atoms with Crippen molar-refractivity contribution in [3.8, 4) is 0 Å². The van der Waals surface area contributed by atoms with E-state index in [1.807, 2.05) is 4.90 Å². The molecule has 0 unspecified atom stereocenters. The summed E-state index contributed by atoms with van der Waals surface area (Å²) in [6.07, 6.45) is 2.97. The highest BCUT2D eigenvalue weighted by Gasteiger charge is 2.26. The van der Waals surface area contributed by atoms with E-state index in [1.165, 1.54) is 12.1 Å². The Morgan fingerprint density at radius 3 is 2.97 bits per heavy atom. The maximum absolute atomic E-state index is 13.3. The van der Waals surface area contributed by atoms with E-state index in [0.29, 0.717) is 67.1 Å². The van der Waals surface area contributed by atoms with E-state index in [-0.39, 0.29) is 23.5 Å². The molecule has 170 valence electrons. The van der Waals surface area contributed by atoms with E-state index in [0.717, 1.165) is 12.8 Å². The molecule has 1 N–H and O–H groups in total. The third-order valence-corrected chi connectivity index (χ3v) is 5.96. The number of benzene rings is 1. The lowest BCUT2D eigenvalue weighted by Crippen LogP contribution is -2.41. The molecule has 2 amide bonds. The fraction of sp³-hybridized carbons (Fsp3) is 0.500. The van der Waals surface area contributed by atoms with Gasteiger partial charge in [0, 0.05) is 39.4 Å². The van der Waals surface area contributed by atoms with Crippen LogP contribution >= 0.6 is 0 Å². The third kappa shape index (κ3) is 5.12. The number of amides is 2. The molecule has 1 aromatic carbocycles. The number of carbonyl (C=O) groups excluding carboxylic acids is 2. The quantitative estimate of drug-likeness (QED) is 0.603. The Kier molecular flexibility index (Phi) is 6.48. The van der Waals surface area contributed by atoms with Gasteiger partial charge in [0.1, 0.15) is 23.0 Å². The first-order valence-electron chi connectivity index (χ1n) is 10.8. The predicted octanol–water partition coefficient (Wildman–Crippen LogP) is 2.61. The number of fused-ring (bicyclic) bond motifs is 1. The maximum atomic E-state index is 13.3. The Morgan fingerprint density at radius 2 is 2.19 bits per heavy atom. The number of aromatic nitrogens is 4. The normalized spacial score (nSPS) is 16.5. The molecule has 9 nitrogen and oxygen atoms in total. The van der Waals surface area contributed by atoms with Crippen molar-refractivity contribution in [2.45, 2.75) is 45.6 Å². The highest BCUT2D eigenvalue weighted by atomic mass is 19.1. The predicted molar refractivity (Wildman–Crippen MR) is 114 cm³/mol. The molecule has 1 aliphatic rings. The van der Waals surface area contributed by atoms with Crippen molar-refractivity contribution in [2.75, 3.05) is 20.1 Å². The van der Waals surface area contributed by atoms with E-state index >= 15 is 0 Å². The monoisotopic (exact) mass is 442 g/mol. The summed E-state index contributed by atoms with van der Waals surface area (Å²) in [5.41, 5.74) is 2.64. The summed E-state index contributed by atoms with van der Waals surface area (Å²) in [5, 5.41) is 7.56. The number of hydrogen-bond donors (Lipinski definition) is 1. The number of H-pyrrole nitrogens is 1. The summed E-state index contributed by atoms with van der Waals surface area (Å²) in [6.45, 7) is 3.42. The third-order valence-electron chi connectivity index (χ3n) is 5.96. The van der Waals surface area contributed by atoms with Gasteiger partial charge < -0.3 is 14.8 Å². The minimum Gasteiger partial charge on any atom is -0.342 e. The number of imidazole rings is 1. The van der Waals surface area contributed by atoms with Crippen molar-refractivity contribution < 1.29 is 18.6 Å². The van der Waals surface area contributed by atoms with Crippen LogP contribution in [0.4, 0.5) is 4.39 Å². The van der Waals surface area contributed by atoms with E-state index < -0.39 is 0 Å². The van der Waals surface area contributed by atoms with Gasteiger partial charge in [0.2, 0.25) is 11.8 Å². The molecule has 3 heterocycles. The van der Waals surface area contributed by atoms with Crippen molar-refractivity contribution in [3.63, 3.8) is 0 Å². The SMILES string of the molecule is Cc1nonc1CN(C)C(=O)C[C@@H]1CCCN(C(=O)CCc2nc3ccc(F)cc3[nH]2)C1. The number of aromatic amines is 1. The average molecular weight is 442 g/mol. The van der Waals surface area contributed by atoms with E-state index in [4.69, 9.17) is 0 Å². The lowest BCUT2D eigenvalue weighted by molar-refractivity contribution is -0.136. The van der Waals surface area contributed by atoms with Crippen LogP contribution in [0.15, 0.2) is 22.8 Å². The Morgan fingerprint density at radius 1 is 1.34 bits per heavy atom. The van der Waals surface area contributed by atoms with Crippen LogP contribution in [-0.2, 0) is 22.6 Å². The molecule has 0 aliphatic carbocycles. The molecule has 0 bridgehead atoms. The first-order valence-corrected chi connectivity index (χ1v) is 10.8. The lowest BCUT2D eigenvalue weighted by atomic mass is 9.94. The van der Waals surface area contributed by atoms with E-state index in [1.54, 1.807) is 24.9 Å². The second-order valence-corrected chi connectivity index (χ2v) is 8.44. The average Bonchev–Trinajstić information content (AvgIpc) is 3.37. The van der Waals surface area contributed by atoms with Gasteiger partial charge in [-0.1, -0.05) is 10.3 Å². The fourth-order valence-electron chi connectivity index (χ4n) is 4.10. The molecule has 4 rings (SSSR count). The summed E-state index contributed by atoms with van der Waals surface area (Å²) in [4.78, 5) is 36.4. The Balaban J connectivity index is 1.27. The molecule has 1 aliphatic heterocycles. The van der Waals surface area contributed by atoms with Crippen LogP contribution in [0.5, 0.6) is 0 Å². The summed E-state index contributed by atoms with van der Waals surface area (Å²) < 4.78 is 18.0. The molecule has 0 saturated carbocycles. The first kappa shape index (κ1) is 21.9. The zero-order valence-electron chi connectivity index (χ0n) is 18.3. The van der Waals surface area contributed by atoms with Gasteiger partial charge in [0.25, 0.3) is 0 Å². The number of rotatable bonds is 7. The molecule has 1 saturated heterocycles. The summed E-state index contributed by atoms with van der Waals surface area (Å²) in [6, 6.07) is 4.39. The van der Waals surface area contributed by atoms with Gasteiger partial charge in [-0.15, -0.1) is 0 Å². The lowest BCUT2D eigenvalue weighted by Gasteiger charge is -2.33. The second-order valence-electron chi connectivity index (χ2n) is 8.44. The van der Waals surface area contributed by atoms with Crippen LogP contribution in [0.1, 0.15) is 42.9 Å². The minimum absolute atomic E-state index is 0.0150. The maximum Gasteiger partial charge on any atom is 0.223 e. The summed E-state index contributed by atoms with van der Waals surface area (Å²) >= 11 is 0. The topological polar surface area (TPSA) is 108 Å². The van der Waals surface area contributed by atoms with Crippen molar-refractivity contribution in [1.82, 2.24) is 30.1 Å². The second kappa shape index (κ2) is 9.46. The highest BCUT2D eigenvalue weighted by molar-refractivity contribution is 5.78. The molecule has 10 heteroatoms. The van der Waals surface area contributed by atoms with Gasteiger partial charge >= 0.3 is 0 Å². The van der Waals surface area contributed by atoms with Gasteiger partial charge in [-0.25, -0.2) is 14.0 Å². The van der Waals surface area contributed by atoms with Crippen LogP contribution in [0.25, 0.3) is 11.0 Å². The number of carbonyl (C=O) groups is 2. The standard InChI is InChI=1S/C22H27FN6O3/c1-14-19(27-32-26-14)13-28(2)22(31)10-15-4-3-9-29(12-15)21(30)8-7-20-24-17-6-5-16(23)11-18(17)25-20/h5-6,11,15H,3-4,7-10,12-13H2,1-2H3,(H,24,25)/t15-/m0/s1. The minimum atomic E-state index is -0.323. The number of aryl methyl sites for hydroxylation is 2. The van der Waals surface area contributed by atoms with Gasteiger partial charge in [0.05, 0.1) is 17.6 Å². The van der Waals surface area contributed by atoms with Gasteiger partial charge in [-0.3, -0.25) is 9.59 Å². The molecule has 1 fully saturated rings. The van der Waals surface area contributed by atoms with Crippen LogP contribution in [0.3, 0.4) is 0 Å². The number of piperidine rings is 1. The van der Waals surface area contributed by atoms with Crippen molar-refractivity contribution in [1.29, 1.82) is 0 Å². The van der Waals surface area contributed by atoms with Crippen LogP contribution in [-0.4, -0.2) is 62.0 Å². The highest BCUT2D eigenvalue weighted by Crippen LogP contribution is 2.22. The summed E-state index contributed by atoms with van der Waals surface area (Å²) in [7, 11) is 1.74. The van der Waals surface area contributed by atoms with Crippen molar-refractivity contribution in [3.05, 3.63) is 41.2 Å². The van der Waals surface area contributed by atoms with Crippen LogP contribution in [0, 0.1) is 18.7 Å². The van der Waals surface area contributed by atoms with Crippen LogP contribution in [0.2, 0.25) is 0 Å². The molecule has 32 heavy (non-hydrogen) atoms. The summed E-state index contributed by atoms with van der Waals surface area (Å²) in [5.74, 6) is 0.541. The number of nitrogens with one attached hydrogen (secondary N) is 1.